The molecule has 0 aromatic heterocycles. The van der Waals surface area contributed by atoms with Crippen LogP contribution in [0.4, 0.5) is 0 Å². The molecule has 7 radical (unpaired) electrons. The molecule has 0 atom stereocenters. The van der Waals surface area contributed by atoms with Gasteiger partial charge in [0.25, 0.3) is 0 Å². The fraction of sp³-hybridized carbons (Fsp3) is 0. The van der Waals surface area contributed by atoms with Crippen molar-refractivity contribution in [1.29, 1.82) is 0 Å². The van der Waals surface area contributed by atoms with Crippen LogP contribution in [0.1, 0.15) is 0 Å². The van der Waals surface area contributed by atoms with Crippen LogP contribution in [0.3, 0.4) is 0 Å². The van der Waals surface area contributed by atoms with Gasteiger partial charge in [-0.3, -0.25) is 0 Å². The minimum Gasteiger partial charge on any atom is -0.344 e. The van der Waals surface area contributed by atoms with Crippen molar-refractivity contribution in [2.75, 3.05) is 0 Å². The van der Waals surface area contributed by atoms with E-state index >= 15 is 0 Å². The van der Waals surface area contributed by atoms with Gasteiger partial charge in [0, 0.05) is 17.1 Å². The van der Waals surface area contributed by atoms with Gasteiger partial charge in [0.2, 0.25) is 0 Å². The summed E-state index contributed by atoms with van der Waals surface area (Å²) < 4.78 is 0. The SMILES string of the molecule is N.N.N.N.N.N.N.[N].[O].[O]. The zero-order valence-electron chi connectivity index (χ0n) is 6.21. The average molecular weight is 165 g/mol. The van der Waals surface area contributed by atoms with E-state index < -0.39 is 0 Å². The predicted octanol–water partition coefficient (Wildman–Crippen LogP) is 0.416. The summed E-state index contributed by atoms with van der Waals surface area (Å²) in [6, 6.07) is 0. The highest BCUT2D eigenvalue weighted by molar-refractivity contribution is 2.14. The Morgan fingerprint density at radius 1 is 0.300 bits per heavy atom. The lowest BCUT2D eigenvalue weighted by Crippen LogP contribution is -0.482. The summed E-state index contributed by atoms with van der Waals surface area (Å²) in [4.78, 5) is 0. The van der Waals surface area contributed by atoms with Crippen LogP contribution in [0.25, 0.3) is 0 Å². The van der Waals surface area contributed by atoms with Crippen LogP contribution < -0.4 is 49.2 Å². The Kier molecular flexibility index (Phi) is 1380000. The molecule has 0 unspecified atom stereocenters. The van der Waals surface area contributed by atoms with Crippen molar-refractivity contribution < 1.29 is 11.0 Å². The quantitative estimate of drug-likeness (QED) is 0.264. The third-order valence-corrected chi connectivity index (χ3v) is 0. The van der Waals surface area contributed by atoms with Crippen LogP contribution in [-0.2, 0) is 11.0 Å². The summed E-state index contributed by atoms with van der Waals surface area (Å²) in [7, 11) is 0. The molecule has 10 heavy (non-hydrogen) atoms. The molecule has 0 aromatic carbocycles. The fourth-order valence-electron chi connectivity index (χ4n) is 0. The first kappa shape index (κ1) is 4440. The van der Waals surface area contributed by atoms with Gasteiger partial charge in [-0.15, -0.1) is 0 Å². The second-order valence-corrected chi connectivity index (χ2v) is 0. The van der Waals surface area contributed by atoms with Crippen molar-refractivity contribution in [3.05, 3.63) is 0 Å². The van der Waals surface area contributed by atoms with Gasteiger partial charge in [0.05, 0.1) is 0 Å². The summed E-state index contributed by atoms with van der Waals surface area (Å²) in [5.74, 6) is 0. The molecule has 10 nitrogen and oxygen atoms in total. The average Bonchev–Trinajstić information content (AvgIpc) is 0. The number of rotatable bonds is 0. The van der Waals surface area contributed by atoms with Crippen molar-refractivity contribution in [2.24, 2.45) is 0 Å². The number of hydrogen-bond acceptors (Lipinski definition) is 7. The fourth-order valence-corrected chi connectivity index (χ4v) is 0. The Labute approximate surface area is 61.4 Å². The zero-order chi connectivity index (χ0) is 0. The van der Waals surface area contributed by atoms with Gasteiger partial charge in [-0.1, -0.05) is 0 Å². The maximum Gasteiger partial charge on any atom is 0 e. The Morgan fingerprint density at radius 3 is 0.300 bits per heavy atom. The van der Waals surface area contributed by atoms with Crippen LogP contribution in [-0.4, -0.2) is 0 Å². The monoisotopic (exact) mass is 165 g/mol. The summed E-state index contributed by atoms with van der Waals surface area (Å²) in [5.41, 5.74) is 0. The zero-order valence-corrected chi connectivity index (χ0v) is 6.21. The van der Waals surface area contributed by atoms with E-state index in [9.17, 15) is 0 Å². The Bertz CT molecular complexity index is 7.22. The van der Waals surface area contributed by atoms with Gasteiger partial charge in [-0.05, 0) is 0 Å². The smallest absolute Gasteiger partial charge is 0 e. The molecule has 0 rings (SSSR count). The predicted molar refractivity (Wildman–Crippen MR) is 38.7 cm³/mol. The lowest BCUT2D eigenvalue weighted by molar-refractivity contribution is 0.685. The van der Waals surface area contributed by atoms with Gasteiger partial charge in [0.15, 0.2) is 0 Å². The van der Waals surface area contributed by atoms with E-state index in [1.807, 2.05) is 0 Å². The molecule has 0 saturated carbocycles. The topological polar surface area (TPSA) is 332 Å². The van der Waals surface area contributed by atoms with Crippen molar-refractivity contribution in [2.45, 2.75) is 0 Å². The van der Waals surface area contributed by atoms with E-state index in [1.54, 1.807) is 0 Å². The third kappa shape index (κ3) is 2070. The molecule has 0 heterocycles. The van der Waals surface area contributed by atoms with Crippen LogP contribution in [0, 0.1) is 0 Å². The Hall–Kier alpha value is -0.400. The van der Waals surface area contributed by atoms with E-state index in [1.165, 1.54) is 0 Å². The number of hydrogen-bond donors (Lipinski definition) is 7. The normalized spacial score (nSPS) is 0. The molecule has 0 bridgehead atoms. The maximum atomic E-state index is 0. The minimum absolute atomic E-state index is 0. The van der Waals surface area contributed by atoms with Crippen LogP contribution in [0.15, 0.2) is 0 Å². The highest BCUT2D eigenvalue weighted by Gasteiger charge is 0.00206. The van der Waals surface area contributed by atoms with Crippen LogP contribution >= 0.6 is 0 Å². The molecule has 0 aliphatic carbocycles. The molecule has 0 aliphatic heterocycles. The molecule has 0 spiro atoms. The highest BCUT2D eigenvalue weighted by Crippen LogP contribution is -0.118. The van der Waals surface area contributed by atoms with Gasteiger partial charge in [0.1, 0.15) is 0 Å². The summed E-state index contributed by atoms with van der Waals surface area (Å²) >= 11 is 0. The third-order valence-electron chi connectivity index (χ3n) is 0. The van der Waals surface area contributed by atoms with E-state index in [0.29, 0.717) is 0 Å². The molecule has 73 valence electrons. The lowest BCUT2D eigenvalue weighted by atomic mass is 14.0. The molecule has 0 saturated heterocycles. The van der Waals surface area contributed by atoms with Crippen LogP contribution in [0.5, 0.6) is 0 Å². The minimum atomic E-state index is 0. The van der Waals surface area contributed by atoms with Gasteiger partial charge in [-0.2, -0.15) is 0 Å². The first-order chi connectivity index (χ1) is 0. The molecular weight excluding hydrogens is 144 g/mol. The standard InChI is InChI=1S/7H3N.N.2O/h7*1H3;;;. The summed E-state index contributed by atoms with van der Waals surface area (Å²) in [5, 5.41) is 0. The highest BCUT2D eigenvalue weighted by atomic mass is 16.0. The van der Waals surface area contributed by atoms with E-state index in [4.69, 9.17) is 0 Å². The van der Waals surface area contributed by atoms with E-state index in [0.717, 1.165) is 0 Å². The first-order valence-electron chi connectivity index (χ1n) is 0. The first-order valence-corrected chi connectivity index (χ1v) is 0. The van der Waals surface area contributed by atoms with Crippen LogP contribution in [0.2, 0.25) is 0 Å². The largest absolute Gasteiger partial charge is 0.344 e. The second kappa shape index (κ2) is 3100. The molecule has 10 heteroatoms. The van der Waals surface area contributed by atoms with Gasteiger partial charge >= 0.3 is 0 Å². The summed E-state index contributed by atoms with van der Waals surface area (Å²) in [6.07, 6.45) is 0. The molecular formula is H21N8O2. The van der Waals surface area contributed by atoms with Crippen molar-refractivity contribution in [3.8, 4) is 0 Å². The van der Waals surface area contributed by atoms with Gasteiger partial charge < -0.3 is 43.1 Å². The molecule has 0 amide bonds. The maximum absolute atomic E-state index is 0. The van der Waals surface area contributed by atoms with Crippen molar-refractivity contribution >= 4 is 0 Å². The summed E-state index contributed by atoms with van der Waals surface area (Å²) in [6.45, 7) is 0. The van der Waals surface area contributed by atoms with Crippen molar-refractivity contribution in [3.63, 3.8) is 0 Å². The van der Waals surface area contributed by atoms with Gasteiger partial charge in [-0.25, -0.2) is 0 Å². The molecule has 0 fully saturated rings. The van der Waals surface area contributed by atoms with E-state index in [-0.39, 0.29) is 60.2 Å². The van der Waals surface area contributed by atoms with E-state index in [2.05, 4.69) is 0 Å². The number of nitrogens with zero attached hydrogens (tertiary/aromatic N) is 1. The molecule has 0 aliphatic rings. The Morgan fingerprint density at radius 2 is 0.300 bits per heavy atom. The lowest BCUT2D eigenvalue weighted by Gasteiger charge is -0.345. The molecule has 21 N–H and O–H groups in total. The molecule has 0 aromatic rings. The Balaban J connectivity index is 0. The van der Waals surface area contributed by atoms with Crippen molar-refractivity contribution in [1.82, 2.24) is 49.2 Å². The second-order valence-electron chi connectivity index (χ2n) is 0.